The van der Waals surface area contributed by atoms with Gasteiger partial charge >= 0.3 is 18.0 Å². The lowest BCUT2D eigenvalue weighted by atomic mass is 9.82. The number of nitrogens with zero attached hydrogens (tertiary/aromatic N) is 1. The van der Waals surface area contributed by atoms with Gasteiger partial charge in [-0.1, -0.05) is 97.0 Å². The van der Waals surface area contributed by atoms with Crippen LogP contribution >= 0.6 is 0 Å². The van der Waals surface area contributed by atoms with Crippen LogP contribution in [0.3, 0.4) is 0 Å². The Morgan fingerprint density at radius 1 is 1.00 bits per heavy atom. The molecule has 376 valence electrons. The molecule has 2 aromatic carbocycles. The van der Waals surface area contributed by atoms with E-state index in [9.17, 15) is 24.5 Å². The molecule has 1 saturated heterocycles. The number of nitro benzene ring substituents is 1. The number of nitrogens with one attached hydrogen (secondary N) is 1. The summed E-state index contributed by atoms with van der Waals surface area (Å²) in [4.78, 5) is 62.5. The van der Waals surface area contributed by atoms with Gasteiger partial charge in [0.1, 0.15) is 18.1 Å². The van der Waals surface area contributed by atoms with Crippen molar-refractivity contribution in [3.63, 3.8) is 0 Å². The van der Waals surface area contributed by atoms with E-state index >= 15 is 0 Å². The van der Waals surface area contributed by atoms with Crippen LogP contribution in [0.5, 0.6) is 5.75 Å². The fourth-order valence-corrected chi connectivity index (χ4v) is 11.8. The molecule has 0 spiro atoms. The number of carbonyl (C=O) groups excluding carboxylic acids is 3. The topological polar surface area (TPSA) is 184 Å². The van der Waals surface area contributed by atoms with Gasteiger partial charge in [0.05, 0.1) is 35.3 Å². The standard InChI is InChI=1S/C52H76N2O13Si/c1-12-45(62-51(57)53-40-23-18-17-19-24-40)38(9)49-46(61-49)33-35(6)21-20-22-36(7)48-37(8)25-30-44(50(56)66-65-42-28-26-41(27-29-42)54(58)59)52(11,64-39(10)60-13-2)32-31-43(34-47(55)63-48)67-68(14-3,15-4)16-5/h17-30,35,37-39,43-46,48-49H,12-16,31-34H2,1-11H3,(H,53,57)/b21-20+,30-25+,36-22+. The zero-order valence-electron chi connectivity index (χ0n) is 42.0. The summed E-state index contributed by atoms with van der Waals surface area (Å²) in [7, 11) is -2.24. The van der Waals surface area contributed by atoms with Crippen molar-refractivity contribution in [1.82, 2.24) is 0 Å². The molecule has 11 unspecified atom stereocenters. The van der Waals surface area contributed by atoms with Crippen LogP contribution in [0.4, 0.5) is 16.2 Å². The highest BCUT2D eigenvalue weighted by Crippen LogP contribution is 2.39. The summed E-state index contributed by atoms with van der Waals surface area (Å²) >= 11 is 0. The van der Waals surface area contributed by atoms with E-state index in [-0.39, 0.29) is 60.4 Å². The molecule has 2 aliphatic rings. The third-order valence-corrected chi connectivity index (χ3v) is 18.0. The lowest BCUT2D eigenvalue weighted by Crippen LogP contribution is -2.47. The predicted octanol–water partition coefficient (Wildman–Crippen LogP) is 11.8. The first-order valence-electron chi connectivity index (χ1n) is 24.4. The highest BCUT2D eigenvalue weighted by Gasteiger charge is 2.47. The van der Waals surface area contributed by atoms with E-state index < -0.39 is 61.2 Å². The maximum Gasteiger partial charge on any atom is 0.411 e. The number of nitro groups is 1. The Morgan fingerprint density at radius 2 is 1.68 bits per heavy atom. The fourth-order valence-electron chi connectivity index (χ4n) is 8.94. The third kappa shape index (κ3) is 16.7. The van der Waals surface area contributed by atoms with Gasteiger partial charge in [0.25, 0.3) is 5.69 Å². The van der Waals surface area contributed by atoms with Gasteiger partial charge in [0.2, 0.25) is 0 Å². The van der Waals surface area contributed by atoms with Crippen LogP contribution in [-0.2, 0) is 42.6 Å². The highest BCUT2D eigenvalue weighted by molar-refractivity contribution is 6.73. The van der Waals surface area contributed by atoms with Gasteiger partial charge in [0.15, 0.2) is 20.4 Å². The van der Waals surface area contributed by atoms with Crippen molar-refractivity contribution in [2.24, 2.45) is 23.7 Å². The Morgan fingerprint density at radius 3 is 2.29 bits per heavy atom. The van der Waals surface area contributed by atoms with Crippen molar-refractivity contribution in [3.05, 3.63) is 101 Å². The molecule has 0 bridgehead atoms. The summed E-state index contributed by atoms with van der Waals surface area (Å²) in [6.07, 6.45) is 8.95. The number of carbonyl (C=O) groups is 3. The molecule has 0 radical (unpaired) electrons. The first kappa shape index (κ1) is 55.7. The minimum Gasteiger partial charge on any atom is -0.457 e. The number of ether oxygens (including phenoxy) is 5. The smallest absolute Gasteiger partial charge is 0.411 e. The molecule has 2 aliphatic heterocycles. The number of benzene rings is 2. The molecule has 0 saturated carbocycles. The van der Waals surface area contributed by atoms with Gasteiger partial charge in [-0.05, 0) is 107 Å². The number of epoxide rings is 1. The quantitative estimate of drug-likeness (QED) is 0.0128. The second kappa shape index (κ2) is 26.8. The van der Waals surface area contributed by atoms with Gasteiger partial charge in [-0.2, -0.15) is 0 Å². The van der Waals surface area contributed by atoms with E-state index in [1.807, 2.05) is 83.2 Å². The van der Waals surface area contributed by atoms with Crippen molar-refractivity contribution >= 4 is 37.7 Å². The molecule has 4 rings (SSSR count). The van der Waals surface area contributed by atoms with Crippen LogP contribution in [0.2, 0.25) is 18.1 Å². The Bertz CT molecular complexity index is 2000. The Labute approximate surface area is 404 Å². The Kier molecular flexibility index (Phi) is 21.9. The first-order chi connectivity index (χ1) is 32.4. The summed E-state index contributed by atoms with van der Waals surface area (Å²) in [5.74, 6) is -2.34. The van der Waals surface area contributed by atoms with Crippen molar-refractivity contribution < 1.29 is 57.2 Å². The molecule has 2 aromatic rings. The minimum absolute atomic E-state index is 0.00591. The molecule has 1 N–H and O–H groups in total. The number of cyclic esters (lactones) is 1. The molecule has 0 aliphatic carbocycles. The number of allylic oxidation sites excluding steroid dienone is 3. The first-order valence-corrected chi connectivity index (χ1v) is 26.9. The normalized spacial score (nSPS) is 25.9. The van der Waals surface area contributed by atoms with E-state index in [2.05, 4.69) is 46.0 Å². The summed E-state index contributed by atoms with van der Waals surface area (Å²) in [5, 5.41) is 14.0. The fraction of sp³-hybridized carbons (Fsp3) is 0.596. The van der Waals surface area contributed by atoms with Crippen molar-refractivity contribution in [3.8, 4) is 5.75 Å². The van der Waals surface area contributed by atoms with Crippen molar-refractivity contribution in [1.29, 1.82) is 0 Å². The number of anilines is 1. The van der Waals surface area contributed by atoms with Gasteiger partial charge < -0.3 is 28.1 Å². The minimum atomic E-state index is -2.24. The van der Waals surface area contributed by atoms with Crippen LogP contribution in [0, 0.1) is 33.8 Å². The Hall–Kier alpha value is -4.87. The van der Waals surface area contributed by atoms with Crippen molar-refractivity contribution in [2.45, 2.75) is 169 Å². The summed E-state index contributed by atoms with van der Waals surface area (Å²) in [6.45, 7) is 22.2. The molecular formula is C52H76N2O13Si. The van der Waals surface area contributed by atoms with Crippen LogP contribution in [0.1, 0.15) is 108 Å². The lowest BCUT2D eigenvalue weighted by molar-refractivity contribution is -0.384. The van der Waals surface area contributed by atoms with Crippen LogP contribution in [-0.4, -0.2) is 80.3 Å². The monoisotopic (exact) mass is 965 g/mol. The molecule has 1 amide bonds. The molecule has 2 heterocycles. The van der Waals surface area contributed by atoms with Crippen LogP contribution in [0.25, 0.3) is 0 Å². The van der Waals surface area contributed by atoms with Gasteiger partial charge in [-0.3, -0.25) is 25.1 Å². The molecule has 16 heteroatoms. The molecule has 1 fully saturated rings. The lowest BCUT2D eigenvalue weighted by Gasteiger charge is -2.39. The predicted molar refractivity (Wildman–Crippen MR) is 263 cm³/mol. The number of hydrogen-bond acceptors (Lipinski definition) is 13. The average molecular weight is 965 g/mol. The molecule has 11 atom stereocenters. The zero-order valence-corrected chi connectivity index (χ0v) is 43.0. The summed E-state index contributed by atoms with van der Waals surface area (Å²) in [5.41, 5.74) is 0.0952. The van der Waals surface area contributed by atoms with Crippen molar-refractivity contribution in [2.75, 3.05) is 11.9 Å². The van der Waals surface area contributed by atoms with Crippen LogP contribution < -0.4 is 10.2 Å². The van der Waals surface area contributed by atoms with E-state index in [1.54, 1.807) is 13.0 Å². The largest absolute Gasteiger partial charge is 0.457 e. The molecule has 15 nitrogen and oxygen atoms in total. The number of esters is 1. The Balaban J connectivity index is 1.57. The maximum absolute atomic E-state index is 14.2. The third-order valence-electron chi connectivity index (χ3n) is 13.3. The number of hydrogen-bond donors (Lipinski definition) is 1. The molecule has 0 aromatic heterocycles. The van der Waals surface area contributed by atoms with E-state index in [0.717, 1.165) is 30.1 Å². The number of amides is 1. The average Bonchev–Trinajstić information content (AvgIpc) is 4.08. The number of non-ortho nitro benzene ring substituents is 1. The second-order valence-corrected chi connectivity index (χ2v) is 23.1. The maximum atomic E-state index is 14.2. The molecule has 68 heavy (non-hydrogen) atoms. The summed E-state index contributed by atoms with van der Waals surface area (Å²) in [6, 6.07) is 17.0. The number of rotatable bonds is 23. The second-order valence-electron chi connectivity index (χ2n) is 18.4. The van der Waals surface area contributed by atoms with Crippen LogP contribution in [0.15, 0.2) is 90.6 Å². The van der Waals surface area contributed by atoms with E-state index in [1.165, 1.54) is 24.3 Å². The van der Waals surface area contributed by atoms with Gasteiger partial charge in [-0.25, -0.2) is 14.5 Å². The number of para-hydroxylation sites is 1. The van der Waals surface area contributed by atoms with Gasteiger partial charge in [0, 0.05) is 36.3 Å². The highest BCUT2D eigenvalue weighted by atomic mass is 28.4. The zero-order chi connectivity index (χ0) is 50.0. The summed E-state index contributed by atoms with van der Waals surface area (Å²) < 4.78 is 37.7. The SMILES string of the molecule is CCOC(C)OC1(C)CCC(O[Si](CC)(CC)CC)CC(=O)OC(/C(C)=C/C=C/C(C)CC2OC2C(C)C(CC)OC(=O)Nc2ccccc2)C(C)/C=C/C1C(=O)OOc1ccc([N+](=O)[O-])cc1. The van der Waals surface area contributed by atoms with Gasteiger partial charge in [-0.15, -0.1) is 0 Å². The van der Waals surface area contributed by atoms with E-state index in [0.29, 0.717) is 25.1 Å². The van der Waals surface area contributed by atoms with E-state index in [4.69, 9.17) is 37.9 Å². The molecular weight excluding hydrogens is 889 g/mol.